The van der Waals surface area contributed by atoms with Crippen molar-refractivity contribution in [3.05, 3.63) is 72.2 Å². The molecule has 6 heteroatoms. The summed E-state index contributed by atoms with van der Waals surface area (Å²) in [6.45, 7) is 4.51. The van der Waals surface area contributed by atoms with Gasteiger partial charge >= 0.3 is 0 Å². The fraction of sp³-hybridized carbons (Fsp3) is 0.238. The summed E-state index contributed by atoms with van der Waals surface area (Å²) in [6.07, 6.45) is 2.60. The lowest BCUT2D eigenvalue weighted by Gasteiger charge is -2.13. The minimum absolute atomic E-state index is 0.0811. The summed E-state index contributed by atoms with van der Waals surface area (Å²) in [5.74, 6) is 0.893. The molecule has 27 heavy (non-hydrogen) atoms. The van der Waals surface area contributed by atoms with Gasteiger partial charge in [-0.3, -0.25) is 9.78 Å². The molecule has 1 unspecified atom stereocenters. The van der Waals surface area contributed by atoms with Gasteiger partial charge in [0, 0.05) is 23.9 Å². The summed E-state index contributed by atoms with van der Waals surface area (Å²) in [7, 11) is 0. The molecule has 0 aliphatic carbocycles. The van der Waals surface area contributed by atoms with Crippen molar-refractivity contribution in [3.8, 4) is 11.4 Å². The Hall–Kier alpha value is -3.28. The van der Waals surface area contributed by atoms with Crippen LogP contribution in [0.3, 0.4) is 0 Å². The molecule has 0 saturated heterocycles. The number of hydrogen-bond acceptors (Lipinski definition) is 5. The van der Waals surface area contributed by atoms with Crippen molar-refractivity contribution in [2.45, 2.75) is 32.9 Å². The second-order valence-electron chi connectivity index (χ2n) is 6.29. The third-order valence-corrected chi connectivity index (χ3v) is 4.16. The van der Waals surface area contributed by atoms with E-state index in [0.29, 0.717) is 23.9 Å². The van der Waals surface area contributed by atoms with Crippen molar-refractivity contribution in [1.82, 2.24) is 20.3 Å². The quantitative estimate of drug-likeness (QED) is 0.671. The molecule has 0 spiro atoms. The Labute approximate surface area is 159 Å². The molecule has 3 rings (SSSR count). The zero-order chi connectivity index (χ0) is 19.1. The zero-order valence-corrected chi connectivity index (χ0v) is 15.5. The Morgan fingerprint density at radius 3 is 2.56 bits per heavy atom. The highest BCUT2D eigenvalue weighted by molar-refractivity contribution is 5.93. The van der Waals surface area contributed by atoms with Gasteiger partial charge in [0.2, 0.25) is 0 Å². The summed E-state index contributed by atoms with van der Waals surface area (Å²) in [5, 5.41) is 6.20. The number of rotatable bonds is 7. The monoisotopic (exact) mass is 361 g/mol. The zero-order valence-electron chi connectivity index (χ0n) is 15.5. The molecule has 0 radical (unpaired) electrons. The number of hydrogen-bond donors (Lipinski definition) is 2. The molecule has 2 aromatic heterocycles. The minimum atomic E-state index is -0.204. The van der Waals surface area contributed by atoms with Gasteiger partial charge in [-0.15, -0.1) is 0 Å². The van der Waals surface area contributed by atoms with E-state index in [2.05, 4.69) is 25.6 Å². The van der Waals surface area contributed by atoms with Gasteiger partial charge in [0.15, 0.2) is 5.82 Å². The second-order valence-corrected chi connectivity index (χ2v) is 6.29. The van der Waals surface area contributed by atoms with E-state index >= 15 is 0 Å². The van der Waals surface area contributed by atoms with Crippen molar-refractivity contribution in [1.29, 1.82) is 0 Å². The Balaban J connectivity index is 1.89. The Bertz CT molecular complexity index is 884. The van der Waals surface area contributed by atoms with Crippen LogP contribution in [0.5, 0.6) is 0 Å². The number of amides is 1. The first kappa shape index (κ1) is 18.5. The van der Waals surface area contributed by atoms with Gasteiger partial charge in [0.25, 0.3) is 5.91 Å². The predicted octanol–water partition coefficient (Wildman–Crippen LogP) is 3.68. The molecule has 0 aliphatic rings. The van der Waals surface area contributed by atoms with Crippen LogP contribution in [-0.2, 0) is 6.54 Å². The van der Waals surface area contributed by atoms with Crippen LogP contribution in [0, 0.1) is 0 Å². The van der Waals surface area contributed by atoms with Crippen LogP contribution in [-0.4, -0.2) is 26.9 Å². The number of pyridine rings is 1. The maximum Gasteiger partial charge on any atom is 0.270 e. The first-order chi connectivity index (χ1) is 13.2. The molecule has 3 aromatic rings. The normalized spacial score (nSPS) is 11.6. The minimum Gasteiger partial charge on any atom is -0.364 e. The SMILES string of the molecule is CCC(C)NC(=O)c1cc(NCc2ccccn2)nc(-c2ccccc2)n1. The first-order valence-electron chi connectivity index (χ1n) is 9.05. The van der Waals surface area contributed by atoms with Crippen molar-refractivity contribution >= 4 is 11.7 Å². The molecule has 6 nitrogen and oxygen atoms in total. The van der Waals surface area contributed by atoms with Gasteiger partial charge in [-0.25, -0.2) is 9.97 Å². The van der Waals surface area contributed by atoms with Gasteiger partial charge in [-0.05, 0) is 25.5 Å². The Morgan fingerprint density at radius 1 is 1.07 bits per heavy atom. The lowest BCUT2D eigenvalue weighted by molar-refractivity contribution is 0.0934. The Morgan fingerprint density at radius 2 is 1.85 bits per heavy atom. The summed E-state index contributed by atoms with van der Waals surface area (Å²) in [5.41, 5.74) is 2.09. The van der Waals surface area contributed by atoms with Crippen molar-refractivity contribution in [2.24, 2.45) is 0 Å². The molecule has 1 amide bonds. The molecule has 0 aliphatic heterocycles. The highest BCUT2D eigenvalue weighted by Gasteiger charge is 2.14. The van der Waals surface area contributed by atoms with Gasteiger partial charge < -0.3 is 10.6 Å². The molecular weight excluding hydrogens is 338 g/mol. The van der Waals surface area contributed by atoms with Crippen LogP contribution in [0.15, 0.2) is 60.8 Å². The Kier molecular flexibility index (Phi) is 6.10. The number of nitrogens with zero attached hydrogens (tertiary/aromatic N) is 3. The molecule has 0 saturated carbocycles. The molecule has 0 fully saturated rings. The lowest BCUT2D eigenvalue weighted by atomic mass is 10.2. The van der Waals surface area contributed by atoms with Crippen molar-refractivity contribution in [2.75, 3.05) is 5.32 Å². The van der Waals surface area contributed by atoms with E-state index in [9.17, 15) is 4.79 Å². The van der Waals surface area contributed by atoms with Gasteiger partial charge in [-0.2, -0.15) is 0 Å². The maximum absolute atomic E-state index is 12.6. The van der Waals surface area contributed by atoms with Crippen LogP contribution in [0.25, 0.3) is 11.4 Å². The summed E-state index contributed by atoms with van der Waals surface area (Å²) in [6, 6.07) is 17.1. The number of nitrogens with one attached hydrogen (secondary N) is 2. The molecule has 1 aromatic carbocycles. The summed E-state index contributed by atoms with van der Waals surface area (Å²) in [4.78, 5) is 25.9. The second kappa shape index (κ2) is 8.89. The topological polar surface area (TPSA) is 79.8 Å². The number of anilines is 1. The van der Waals surface area contributed by atoms with Crippen LogP contribution in [0.4, 0.5) is 5.82 Å². The summed E-state index contributed by atoms with van der Waals surface area (Å²) < 4.78 is 0. The number of carbonyl (C=O) groups is 1. The average Bonchev–Trinajstić information content (AvgIpc) is 2.73. The highest BCUT2D eigenvalue weighted by Crippen LogP contribution is 2.18. The molecular formula is C21H23N5O. The van der Waals surface area contributed by atoms with Crippen molar-refractivity contribution in [3.63, 3.8) is 0 Å². The molecule has 0 bridgehead atoms. The third kappa shape index (κ3) is 5.10. The standard InChI is InChI=1S/C21H23N5O/c1-3-15(2)24-21(27)18-13-19(23-14-17-11-7-8-12-22-17)26-20(25-18)16-9-5-4-6-10-16/h4-13,15H,3,14H2,1-2H3,(H,24,27)(H,23,25,26). The highest BCUT2D eigenvalue weighted by atomic mass is 16.1. The lowest BCUT2D eigenvalue weighted by Crippen LogP contribution is -2.32. The number of carbonyl (C=O) groups excluding carboxylic acids is 1. The maximum atomic E-state index is 12.6. The smallest absolute Gasteiger partial charge is 0.270 e. The van der Waals surface area contributed by atoms with Gasteiger partial charge in [0.1, 0.15) is 11.5 Å². The molecule has 2 N–H and O–H groups in total. The number of benzene rings is 1. The van der Waals surface area contributed by atoms with E-state index in [1.54, 1.807) is 12.3 Å². The van der Waals surface area contributed by atoms with E-state index in [4.69, 9.17) is 0 Å². The van der Waals surface area contributed by atoms with Crippen molar-refractivity contribution < 1.29 is 4.79 Å². The fourth-order valence-electron chi connectivity index (χ4n) is 2.45. The molecule has 1 atom stereocenters. The van der Waals surface area contributed by atoms with Crippen LogP contribution in [0.2, 0.25) is 0 Å². The van der Waals surface area contributed by atoms with E-state index in [-0.39, 0.29) is 11.9 Å². The van der Waals surface area contributed by atoms with E-state index in [0.717, 1.165) is 17.7 Å². The van der Waals surface area contributed by atoms with E-state index in [1.165, 1.54) is 0 Å². The van der Waals surface area contributed by atoms with Crippen LogP contribution < -0.4 is 10.6 Å². The van der Waals surface area contributed by atoms with Gasteiger partial charge in [-0.1, -0.05) is 43.3 Å². The first-order valence-corrected chi connectivity index (χ1v) is 9.05. The van der Waals surface area contributed by atoms with Crippen LogP contribution in [0.1, 0.15) is 36.5 Å². The van der Waals surface area contributed by atoms with Crippen LogP contribution >= 0.6 is 0 Å². The van der Waals surface area contributed by atoms with E-state index in [1.807, 2.05) is 62.4 Å². The fourth-order valence-corrected chi connectivity index (χ4v) is 2.45. The molecule has 138 valence electrons. The van der Waals surface area contributed by atoms with Gasteiger partial charge in [0.05, 0.1) is 12.2 Å². The molecule has 2 heterocycles. The largest absolute Gasteiger partial charge is 0.364 e. The average molecular weight is 361 g/mol. The predicted molar refractivity (Wildman–Crippen MR) is 106 cm³/mol. The number of aromatic nitrogens is 3. The summed E-state index contributed by atoms with van der Waals surface area (Å²) >= 11 is 0. The van der Waals surface area contributed by atoms with E-state index < -0.39 is 0 Å². The third-order valence-electron chi connectivity index (χ3n) is 4.16.